The summed E-state index contributed by atoms with van der Waals surface area (Å²) in [5.41, 5.74) is 1.34. The van der Waals surface area contributed by atoms with E-state index in [1.54, 1.807) is 0 Å². The maximum atomic E-state index is 12.8. The van der Waals surface area contributed by atoms with Gasteiger partial charge in [0.1, 0.15) is 5.76 Å². The fourth-order valence-electron chi connectivity index (χ4n) is 6.56. The molecule has 0 amide bonds. The van der Waals surface area contributed by atoms with Crippen LogP contribution >= 0.6 is 0 Å². The Bertz CT molecular complexity index is 587. The Morgan fingerprint density at radius 2 is 1.86 bits per heavy atom. The van der Waals surface area contributed by atoms with Gasteiger partial charge in [0, 0.05) is 6.08 Å². The number of hydrogen-bond acceptors (Lipinski definition) is 2. The molecule has 4 aliphatic carbocycles. The smallest absolute Gasteiger partial charge is 0.169 e. The predicted molar refractivity (Wildman–Crippen MR) is 87.4 cm³/mol. The zero-order valence-corrected chi connectivity index (χ0v) is 14.1. The number of aliphatic hydroxyl groups excluding tert-OH is 1. The summed E-state index contributed by atoms with van der Waals surface area (Å²) in [7, 11) is 0. The summed E-state index contributed by atoms with van der Waals surface area (Å²) in [5, 5.41) is 9.82. The second-order valence-corrected chi connectivity index (χ2v) is 8.74. The van der Waals surface area contributed by atoms with Crippen molar-refractivity contribution >= 4 is 5.78 Å². The predicted octanol–water partition coefficient (Wildman–Crippen LogP) is 4.82. The van der Waals surface area contributed by atoms with Crippen molar-refractivity contribution < 1.29 is 9.90 Å². The molecule has 0 aromatic carbocycles. The van der Waals surface area contributed by atoms with Crippen LogP contribution in [0.3, 0.4) is 0 Å². The minimum absolute atomic E-state index is 0.145. The first-order valence-corrected chi connectivity index (χ1v) is 9.03. The van der Waals surface area contributed by atoms with Crippen molar-refractivity contribution in [3.8, 4) is 0 Å². The summed E-state index contributed by atoms with van der Waals surface area (Å²) in [6.07, 6.45) is 10.7. The average molecular weight is 300 g/mol. The van der Waals surface area contributed by atoms with Crippen LogP contribution < -0.4 is 0 Å². The Labute approximate surface area is 133 Å². The van der Waals surface area contributed by atoms with Gasteiger partial charge in [0.15, 0.2) is 5.78 Å². The SMILES string of the molecule is C[C@@H]1CC[C@H]2[C@@H]3CCC4=CC(O)=CC(=O)[C@]4(C)[C@H]3CC[C@]12C. The molecule has 2 heteroatoms. The summed E-state index contributed by atoms with van der Waals surface area (Å²) >= 11 is 0. The Morgan fingerprint density at radius 3 is 2.64 bits per heavy atom. The maximum Gasteiger partial charge on any atom is 0.169 e. The van der Waals surface area contributed by atoms with Crippen molar-refractivity contribution in [2.24, 2.45) is 34.5 Å². The van der Waals surface area contributed by atoms with Gasteiger partial charge in [-0.05, 0) is 80.6 Å². The van der Waals surface area contributed by atoms with Crippen molar-refractivity contribution in [2.75, 3.05) is 0 Å². The molecule has 0 spiro atoms. The van der Waals surface area contributed by atoms with Crippen molar-refractivity contribution in [1.29, 1.82) is 0 Å². The lowest BCUT2D eigenvalue weighted by Gasteiger charge is -2.56. The summed E-state index contributed by atoms with van der Waals surface area (Å²) < 4.78 is 0. The van der Waals surface area contributed by atoms with E-state index in [4.69, 9.17) is 0 Å². The summed E-state index contributed by atoms with van der Waals surface area (Å²) in [5.74, 6) is 3.11. The minimum Gasteiger partial charge on any atom is -0.508 e. The number of hydrogen-bond donors (Lipinski definition) is 1. The van der Waals surface area contributed by atoms with E-state index in [2.05, 4.69) is 20.8 Å². The largest absolute Gasteiger partial charge is 0.508 e. The van der Waals surface area contributed by atoms with Gasteiger partial charge >= 0.3 is 0 Å². The monoisotopic (exact) mass is 300 g/mol. The maximum absolute atomic E-state index is 12.8. The molecule has 3 saturated carbocycles. The summed E-state index contributed by atoms with van der Waals surface area (Å²) in [4.78, 5) is 12.8. The van der Waals surface area contributed by atoms with Crippen LogP contribution in [0.25, 0.3) is 0 Å². The number of ketones is 1. The van der Waals surface area contributed by atoms with Crippen LogP contribution in [0.4, 0.5) is 0 Å². The van der Waals surface area contributed by atoms with Crippen LogP contribution in [-0.2, 0) is 4.79 Å². The van der Waals surface area contributed by atoms with Crippen LogP contribution in [-0.4, -0.2) is 10.9 Å². The summed E-state index contributed by atoms with van der Waals surface area (Å²) in [6, 6.07) is 0. The van der Waals surface area contributed by atoms with Gasteiger partial charge in [0.25, 0.3) is 0 Å². The molecule has 0 saturated heterocycles. The Balaban J connectivity index is 1.73. The Morgan fingerprint density at radius 1 is 1.09 bits per heavy atom. The molecule has 2 nitrogen and oxygen atoms in total. The van der Waals surface area contributed by atoms with Crippen LogP contribution in [0, 0.1) is 34.5 Å². The van der Waals surface area contributed by atoms with E-state index < -0.39 is 0 Å². The van der Waals surface area contributed by atoms with E-state index in [1.807, 2.05) is 6.08 Å². The van der Waals surface area contributed by atoms with Gasteiger partial charge in [0.05, 0.1) is 5.41 Å². The zero-order valence-electron chi connectivity index (χ0n) is 14.1. The van der Waals surface area contributed by atoms with Crippen LogP contribution in [0.2, 0.25) is 0 Å². The zero-order chi connectivity index (χ0) is 15.7. The van der Waals surface area contributed by atoms with E-state index in [1.165, 1.54) is 43.8 Å². The molecule has 0 unspecified atom stereocenters. The van der Waals surface area contributed by atoms with Crippen molar-refractivity contribution in [3.05, 3.63) is 23.5 Å². The summed E-state index contributed by atoms with van der Waals surface area (Å²) in [6.45, 7) is 7.10. The highest BCUT2D eigenvalue weighted by Gasteiger charge is 2.59. The molecule has 22 heavy (non-hydrogen) atoms. The third kappa shape index (κ3) is 1.64. The topological polar surface area (TPSA) is 37.3 Å². The molecule has 0 aliphatic heterocycles. The molecule has 1 N–H and O–H groups in total. The first-order valence-electron chi connectivity index (χ1n) is 9.03. The lowest BCUT2D eigenvalue weighted by Crippen LogP contribution is -2.52. The van der Waals surface area contributed by atoms with Crippen LogP contribution in [0.5, 0.6) is 0 Å². The molecule has 6 atom stereocenters. The standard InChI is InChI=1S/C20H28O2/c1-12-4-7-16-15-6-5-13-10-14(21)11-18(22)20(13,3)17(15)8-9-19(12,16)2/h10-12,15-17,21H,4-9H2,1-3H3/t12-,15+,16+,17+,19-,20+/m1/s1. The first kappa shape index (κ1) is 14.5. The quantitative estimate of drug-likeness (QED) is 0.696. The van der Waals surface area contributed by atoms with Crippen LogP contribution in [0.15, 0.2) is 23.5 Å². The highest BCUT2D eigenvalue weighted by Crippen LogP contribution is 2.65. The van der Waals surface area contributed by atoms with Gasteiger partial charge in [-0.1, -0.05) is 19.4 Å². The number of carbonyl (C=O) groups excluding carboxylic acids is 1. The van der Waals surface area contributed by atoms with Gasteiger partial charge < -0.3 is 5.11 Å². The van der Waals surface area contributed by atoms with Gasteiger partial charge in [-0.2, -0.15) is 0 Å². The van der Waals surface area contributed by atoms with E-state index in [9.17, 15) is 9.90 Å². The molecule has 0 heterocycles. The number of carbonyl (C=O) groups is 1. The lowest BCUT2D eigenvalue weighted by molar-refractivity contribution is -0.131. The third-order valence-electron chi connectivity index (χ3n) is 8.18. The Hall–Kier alpha value is -1.05. The highest BCUT2D eigenvalue weighted by molar-refractivity contribution is 5.99. The molecular formula is C20H28O2. The number of allylic oxidation sites excluding steroid dienone is 3. The molecule has 0 aromatic rings. The molecule has 4 rings (SSSR count). The fourth-order valence-corrected chi connectivity index (χ4v) is 6.56. The molecule has 0 aromatic heterocycles. The minimum atomic E-state index is -0.345. The third-order valence-corrected chi connectivity index (χ3v) is 8.18. The molecule has 3 fully saturated rings. The van der Waals surface area contributed by atoms with Crippen molar-refractivity contribution in [3.63, 3.8) is 0 Å². The Kier molecular flexibility index (Phi) is 2.97. The van der Waals surface area contributed by atoms with E-state index in [-0.39, 0.29) is 17.0 Å². The fraction of sp³-hybridized carbons (Fsp3) is 0.750. The molecule has 0 radical (unpaired) electrons. The lowest BCUT2D eigenvalue weighted by atomic mass is 9.47. The van der Waals surface area contributed by atoms with E-state index in [0.717, 1.165) is 18.3 Å². The van der Waals surface area contributed by atoms with E-state index in [0.29, 0.717) is 17.3 Å². The normalized spacial score (nSPS) is 50.6. The van der Waals surface area contributed by atoms with Gasteiger partial charge in [-0.3, -0.25) is 4.79 Å². The molecule has 120 valence electrons. The number of rotatable bonds is 0. The first-order chi connectivity index (χ1) is 10.4. The molecule has 4 aliphatic rings. The second kappa shape index (κ2) is 4.49. The molecule has 0 bridgehead atoms. The van der Waals surface area contributed by atoms with Gasteiger partial charge in [-0.25, -0.2) is 0 Å². The number of aliphatic hydroxyl groups is 1. The van der Waals surface area contributed by atoms with Crippen molar-refractivity contribution in [2.45, 2.75) is 59.3 Å². The van der Waals surface area contributed by atoms with Crippen molar-refractivity contribution in [1.82, 2.24) is 0 Å². The highest BCUT2D eigenvalue weighted by atomic mass is 16.3. The number of fused-ring (bicyclic) bond motifs is 5. The average Bonchev–Trinajstić information content (AvgIpc) is 2.77. The van der Waals surface area contributed by atoms with Crippen LogP contribution in [0.1, 0.15) is 59.3 Å². The molecular weight excluding hydrogens is 272 g/mol. The van der Waals surface area contributed by atoms with Gasteiger partial charge in [-0.15, -0.1) is 0 Å². The van der Waals surface area contributed by atoms with E-state index >= 15 is 0 Å². The second-order valence-electron chi connectivity index (χ2n) is 8.74. The van der Waals surface area contributed by atoms with Gasteiger partial charge in [0.2, 0.25) is 0 Å².